The molecule has 0 bridgehead atoms. The van der Waals surface area contributed by atoms with Gasteiger partial charge in [0.05, 0.1) is 23.9 Å². The second-order valence-electron chi connectivity index (χ2n) is 17.0. The Morgan fingerprint density at radius 3 is 1.50 bits per heavy atom. The highest BCUT2D eigenvalue weighted by molar-refractivity contribution is 5.69. The Balaban J connectivity index is 4.47. The third-order valence-corrected chi connectivity index (χ3v) is 11.5. The largest absolute Gasteiger partial charge is 0.498 e. The summed E-state index contributed by atoms with van der Waals surface area (Å²) < 4.78 is 11.7. The van der Waals surface area contributed by atoms with Crippen molar-refractivity contribution in [1.82, 2.24) is 15.5 Å². The molecule has 0 radical (unpaired) electrons. The van der Waals surface area contributed by atoms with Crippen molar-refractivity contribution in [1.29, 1.82) is 0 Å². The first-order chi connectivity index (χ1) is 28.4. The van der Waals surface area contributed by atoms with Gasteiger partial charge in [0.25, 0.3) is 6.20 Å². The zero-order valence-corrected chi connectivity index (χ0v) is 38.9. The minimum absolute atomic E-state index is 0.0375. The molecule has 9 heteroatoms. The number of hydrogen-bond acceptors (Lipinski definition) is 8. The van der Waals surface area contributed by atoms with Crippen LogP contribution in [0.3, 0.4) is 0 Å². The highest BCUT2D eigenvalue weighted by Gasteiger charge is 2.14. The minimum atomic E-state index is -0.431. The summed E-state index contributed by atoms with van der Waals surface area (Å²) in [5, 5.41) is 16.9. The average Bonchev–Trinajstić information content (AvgIpc) is 3.21. The molecule has 0 aromatic rings. The number of nitrogens with zero attached hydrogens (tertiary/aromatic N) is 2. The van der Waals surface area contributed by atoms with Crippen LogP contribution in [0.5, 0.6) is 0 Å². The Labute approximate surface area is 359 Å². The first-order valence-electron chi connectivity index (χ1n) is 24.8. The quantitative estimate of drug-likeness (QED) is 0.0206. The van der Waals surface area contributed by atoms with Crippen molar-refractivity contribution in [2.75, 3.05) is 46.4 Å². The number of nitrogens with one attached hydrogen (secondary N) is 2. The molecule has 58 heavy (non-hydrogen) atoms. The zero-order chi connectivity index (χ0) is 42.6. The molecule has 0 aromatic heterocycles. The molecule has 9 nitrogen and oxygen atoms in total. The third-order valence-electron chi connectivity index (χ3n) is 11.5. The summed E-state index contributed by atoms with van der Waals surface area (Å²) in [7, 11) is 1.70. The van der Waals surface area contributed by atoms with Crippen LogP contribution in [0, 0.1) is 16.0 Å². The molecule has 0 saturated carbocycles. The Bertz CT molecular complexity index is 945. The van der Waals surface area contributed by atoms with Crippen LogP contribution in [0.4, 0.5) is 0 Å². The minimum Gasteiger partial charge on any atom is -0.498 e. The smallest absolute Gasteiger partial charge is 0.305 e. The Morgan fingerprint density at radius 1 is 0.603 bits per heavy atom. The maximum atomic E-state index is 12.1. The van der Waals surface area contributed by atoms with E-state index in [4.69, 9.17) is 9.47 Å². The van der Waals surface area contributed by atoms with Crippen molar-refractivity contribution in [2.45, 2.75) is 233 Å². The molecular formula is C49H96N4O5. The Hall–Kier alpha value is -2.29. The van der Waals surface area contributed by atoms with Gasteiger partial charge in [0, 0.05) is 25.9 Å². The van der Waals surface area contributed by atoms with Gasteiger partial charge in [-0.05, 0) is 71.0 Å². The lowest BCUT2D eigenvalue weighted by Crippen LogP contribution is -2.31. The fourth-order valence-electron chi connectivity index (χ4n) is 7.71. The molecule has 0 aromatic carbocycles. The van der Waals surface area contributed by atoms with Gasteiger partial charge in [-0.25, -0.2) is 0 Å². The number of unbranched alkanes of at least 4 members (excludes halogenated alkanes) is 24. The zero-order valence-electron chi connectivity index (χ0n) is 38.9. The second-order valence-corrected chi connectivity index (χ2v) is 17.0. The van der Waals surface area contributed by atoms with Gasteiger partial charge in [0.2, 0.25) is 0 Å². The number of carbonyl (C=O) groups is 1. The van der Waals surface area contributed by atoms with Gasteiger partial charge >= 0.3 is 5.97 Å². The number of ether oxygens (including phenoxy) is 2. The number of nitro groups is 1. The second kappa shape index (κ2) is 44.3. The summed E-state index contributed by atoms with van der Waals surface area (Å²) in [4.78, 5) is 25.1. The highest BCUT2D eigenvalue weighted by atomic mass is 16.6. The van der Waals surface area contributed by atoms with Gasteiger partial charge in [-0.3, -0.25) is 14.9 Å². The fraction of sp³-hybridized carbons (Fsp3) is 0.898. The monoisotopic (exact) mass is 821 g/mol. The summed E-state index contributed by atoms with van der Waals surface area (Å²) in [6.45, 7) is 16.4. The predicted molar refractivity (Wildman–Crippen MR) is 248 cm³/mol. The van der Waals surface area contributed by atoms with Gasteiger partial charge in [-0.2, -0.15) is 0 Å². The van der Waals surface area contributed by atoms with Crippen molar-refractivity contribution in [3.8, 4) is 0 Å². The topological polar surface area (TPSA) is 106 Å². The molecule has 0 rings (SSSR count). The van der Waals surface area contributed by atoms with Crippen LogP contribution < -0.4 is 10.6 Å². The summed E-state index contributed by atoms with van der Waals surface area (Å²) in [5.74, 6) is 1.96. The number of esters is 1. The van der Waals surface area contributed by atoms with E-state index < -0.39 is 4.92 Å². The normalized spacial score (nSPS) is 11.7. The predicted octanol–water partition coefficient (Wildman–Crippen LogP) is 13.8. The van der Waals surface area contributed by atoms with E-state index in [9.17, 15) is 14.9 Å². The third kappa shape index (κ3) is 39.2. The molecule has 0 aliphatic rings. The van der Waals surface area contributed by atoms with Crippen LogP contribution in [-0.2, 0) is 14.3 Å². The van der Waals surface area contributed by atoms with Gasteiger partial charge in [-0.15, -0.1) is 0 Å². The van der Waals surface area contributed by atoms with E-state index in [2.05, 4.69) is 42.9 Å². The van der Waals surface area contributed by atoms with Crippen LogP contribution in [0.1, 0.15) is 233 Å². The number of carbonyl (C=O) groups excluding carboxylic acids is 1. The lowest BCUT2D eigenvalue weighted by molar-refractivity contribution is -0.404. The lowest BCUT2D eigenvalue weighted by atomic mass is 9.93. The van der Waals surface area contributed by atoms with E-state index in [0.717, 1.165) is 89.6 Å². The van der Waals surface area contributed by atoms with E-state index in [0.29, 0.717) is 31.3 Å². The Kier molecular flexibility index (Phi) is 42.5. The van der Waals surface area contributed by atoms with Crippen molar-refractivity contribution < 1.29 is 19.2 Å². The number of allylic oxidation sites excluding steroid dienone is 1. The van der Waals surface area contributed by atoms with Crippen molar-refractivity contribution in [3.63, 3.8) is 0 Å². The van der Waals surface area contributed by atoms with Crippen molar-refractivity contribution >= 4 is 5.97 Å². The number of hydrogen-bond donors (Lipinski definition) is 2. The number of rotatable bonds is 47. The van der Waals surface area contributed by atoms with E-state index >= 15 is 0 Å². The summed E-state index contributed by atoms with van der Waals surface area (Å²) in [6, 6.07) is 0. The van der Waals surface area contributed by atoms with Crippen molar-refractivity contribution in [2.24, 2.45) is 5.92 Å². The average molecular weight is 821 g/mol. The van der Waals surface area contributed by atoms with Crippen LogP contribution >= 0.6 is 0 Å². The first kappa shape index (κ1) is 55.7. The van der Waals surface area contributed by atoms with E-state index in [1.807, 2.05) is 0 Å². The first-order valence-corrected chi connectivity index (χ1v) is 24.8. The van der Waals surface area contributed by atoms with Gasteiger partial charge in [0.1, 0.15) is 0 Å². The van der Waals surface area contributed by atoms with E-state index in [1.54, 1.807) is 7.05 Å². The molecule has 0 aliphatic heterocycles. The molecule has 0 fully saturated rings. The standard InChI is InChI=1S/C49H96N4O5/c1-6-9-12-15-18-26-34-44-58-49(54)38-30-23-19-24-31-40-52(42-35-39-51-48(50-5)45-53(55)56)41-32-25-20-27-33-43-57-46(4)47(36-28-21-16-13-10-7-2)37-29-22-17-14-11-8-3/h45,47,50-51H,4,6-44H2,1-3,5H3/b48-45+. The maximum Gasteiger partial charge on any atom is 0.305 e. The molecule has 0 spiro atoms. The molecule has 0 aliphatic carbocycles. The van der Waals surface area contributed by atoms with Crippen molar-refractivity contribution in [3.05, 3.63) is 34.5 Å². The summed E-state index contributed by atoms with van der Waals surface area (Å²) >= 11 is 0. The molecule has 342 valence electrons. The summed E-state index contributed by atoms with van der Waals surface area (Å²) in [6.07, 6.45) is 41.0. The Morgan fingerprint density at radius 2 is 1.02 bits per heavy atom. The lowest BCUT2D eigenvalue weighted by Gasteiger charge is -2.23. The van der Waals surface area contributed by atoms with Crippen LogP contribution in [0.2, 0.25) is 0 Å². The van der Waals surface area contributed by atoms with Crippen LogP contribution in [-0.4, -0.2) is 62.2 Å². The van der Waals surface area contributed by atoms with Crippen LogP contribution in [0.15, 0.2) is 24.4 Å². The highest BCUT2D eigenvalue weighted by Crippen LogP contribution is 2.26. The molecule has 0 saturated heterocycles. The SMILES string of the molecule is C=C(OCCCCCCCN(CCCCCCCC(=O)OCCCCCCCCC)CCCN/C(=C/[N+](=O)[O-])NC)C(CCCCCCCC)CCCCCCCC. The van der Waals surface area contributed by atoms with Gasteiger partial charge < -0.3 is 25.0 Å². The van der Waals surface area contributed by atoms with E-state index in [1.165, 1.54) is 154 Å². The fourth-order valence-corrected chi connectivity index (χ4v) is 7.71. The molecule has 0 amide bonds. The molecule has 2 N–H and O–H groups in total. The maximum absolute atomic E-state index is 12.1. The molecular weight excluding hydrogens is 725 g/mol. The van der Waals surface area contributed by atoms with Gasteiger partial charge in [0.15, 0.2) is 5.82 Å². The molecule has 0 unspecified atom stereocenters. The van der Waals surface area contributed by atoms with Gasteiger partial charge in [-0.1, -0.05) is 181 Å². The molecule has 0 heterocycles. The summed E-state index contributed by atoms with van der Waals surface area (Å²) in [5.41, 5.74) is 0. The van der Waals surface area contributed by atoms with E-state index in [-0.39, 0.29) is 5.97 Å². The van der Waals surface area contributed by atoms with Crippen LogP contribution in [0.25, 0.3) is 0 Å². The molecule has 0 atom stereocenters.